The van der Waals surface area contributed by atoms with Gasteiger partial charge >= 0.3 is 0 Å². The first-order valence-electron chi connectivity index (χ1n) is 10.3. The largest absolute Gasteiger partial charge is 0.381 e. The third kappa shape index (κ3) is 4.73. The molecule has 0 aliphatic carbocycles. The molecule has 1 aromatic rings. The van der Waals surface area contributed by atoms with Gasteiger partial charge < -0.3 is 19.3 Å². The fraction of sp³-hybridized carbons (Fsp3) is 0.636. The number of carbonyl (C=O) groups is 2. The molecule has 0 saturated carbocycles. The Hall–Kier alpha value is -1.92. The summed E-state index contributed by atoms with van der Waals surface area (Å²) < 4.78 is 10.6. The van der Waals surface area contributed by atoms with E-state index in [4.69, 9.17) is 9.47 Å². The third-order valence-electron chi connectivity index (χ3n) is 5.91. The maximum atomic E-state index is 13.0. The average Bonchev–Trinajstić information content (AvgIpc) is 2.71. The monoisotopic (exact) mass is 388 g/mol. The molecule has 2 fully saturated rings. The van der Waals surface area contributed by atoms with Gasteiger partial charge in [-0.2, -0.15) is 0 Å². The maximum Gasteiger partial charge on any atom is 0.254 e. The van der Waals surface area contributed by atoms with Gasteiger partial charge in [0.25, 0.3) is 5.91 Å². The molecule has 2 amide bonds. The number of ether oxygens (including phenoxy) is 2. The molecular formula is C22H32N2O4. The number of hydrogen-bond acceptors (Lipinski definition) is 4. The average molecular weight is 389 g/mol. The van der Waals surface area contributed by atoms with Crippen molar-refractivity contribution in [1.29, 1.82) is 0 Å². The standard InChI is InChI=1S/C22H32N2O4/c1-16-4-5-17(2)20(14-16)22(26)23-10-6-18(7-11-23)24(21(25)15-27-3)19-8-12-28-13-9-19/h4-5,14,18-19H,6-13,15H2,1-3H3. The van der Waals surface area contributed by atoms with Gasteiger partial charge in [0, 0.05) is 51.1 Å². The molecule has 2 heterocycles. The molecule has 0 bridgehead atoms. The Morgan fingerprint density at radius 2 is 1.75 bits per heavy atom. The summed E-state index contributed by atoms with van der Waals surface area (Å²) in [6, 6.07) is 6.38. The topological polar surface area (TPSA) is 59.1 Å². The van der Waals surface area contributed by atoms with Crippen LogP contribution in [0.1, 0.15) is 47.2 Å². The molecule has 0 radical (unpaired) electrons. The van der Waals surface area contributed by atoms with Crippen molar-refractivity contribution in [1.82, 2.24) is 9.80 Å². The molecule has 1 aromatic carbocycles. The number of aryl methyl sites for hydroxylation is 2. The zero-order chi connectivity index (χ0) is 20.1. The molecular weight excluding hydrogens is 356 g/mol. The molecule has 0 unspecified atom stereocenters. The van der Waals surface area contributed by atoms with Gasteiger partial charge in [0.05, 0.1) is 0 Å². The van der Waals surface area contributed by atoms with Crippen LogP contribution in [0.5, 0.6) is 0 Å². The summed E-state index contributed by atoms with van der Waals surface area (Å²) in [6.45, 7) is 6.86. The normalized spacial score (nSPS) is 18.9. The fourth-order valence-electron chi connectivity index (χ4n) is 4.35. The van der Waals surface area contributed by atoms with Crippen LogP contribution in [0.4, 0.5) is 0 Å². The van der Waals surface area contributed by atoms with Crippen LogP contribution >= 0.6 is 0 Å². The highest BCUT2D eigenvalue weighted by molar-refractivity contribution is 5.96. The van der Waals surface area contributed by atoms with Gasteiger partial charge in [0.1, 0.15) is 6.61 Å². The predicted molar refractivity (Wildman–Crippen MR) is 107 cm³/mol. The zero-order valence-electron chi connectivity index (χ0n) is 17.3. The van der Waals surface area contributed by atoms with E-state index in [1.54, 1.807) is 7.11 Å². The second kappa shape index (κ2) is 9.52. The summed E-state index contributed by atoms with van der Waals surface area (Å²) in [6.07, 6.45) is 3.36. The van der Waals surface area contributed by atoms with Gasteiger partial charge in [0.2, 0.25) is 5.91 Å². The van der Waals surface area contributed by atoms with E-state index in [1.807, 2.05) is 41.8 Å². The van der Waals surface area contributed by atoms with Crippen LogP contribution in [-0.2, 0) is 14.3 Å². The van der Waals surface area contributed by atoms with E-state index in [2.05, 4.69) is 0 Å². The number of hydrogen-bond donors (Lipinski definition) is 0. The molecule has 2 aliphatic rings. The van der Waals surface area contributed by atoms with Crippen LogP contribution in [0.3, 0.4) is 0 Å². The van der Waals surface area contributed by atoms with Gasteiger partial charge in [-0.25, -0.2) is 0 Å². The minimum absolute atomic E-state index is 0.0497. The number of benzene rings is 1. The second-order valence-corrected chi connectivity index (χ2v) is 7.92. The van der Waals surface area contributed by atoms with Crippen LogP contribution in [0.2, 0.25) is 0 Å². The Morgan fingerprint density at radius 3 is 2.39 bits per heavy atom. The second-order valence-electron chi connectivity index (χ2n) is 7.92. The van der Waals surface area contributed by atoms with Crippen molar-refractivity contribution in [2.45, 2.75) is 51.6 Å². The Labute approximate surface area is 167 Å². The minimum atomic E-state index is 0.0497. The van der Waals surface area contributed by atoms with E-state index in [9.17, 15) is 9.59 Å². The van der Waals surface area contributed by atoms with E-state index in [1.165, 1.54) is 0 Å². The summed E-state index contributed by atoms with van der Waals surface area (Å²) in [5.41, 5.74) is 2.90. The summed E-state index contributed by atoms with van der Waals surface area (Å²) in [5.74, 6) is 0.147. The molecule has 2 saturated heterocycles. The van der Waals surface area contributed by atoms with Crippen molar-refractivity contribution in [3.63, 3.8) is 0 Å². The van der Waals surface area contributed by atoms with Crippen molar-refractivity contribution < 1.29 is 19.1 Å². The lowest BCUT2D eigenvalue weighted by atomic mass is 9.96. The lowest BCUT2D eigenvalue weighted by Gasteiger charge is -2.43. The van der Waals surface area contributed by atoms with E-state index in [0.717, 1.165) is 42.4 Å². The number of piperidine rings is 1. The molecule has 6 nitrogen and oxygen atoms in total. The number of amides is 2. The van der Waals surface area contributed by atoms with Crippen LogP contribution < -0.4 is 0 Å². The molecule has 6 heteroatoms. The molecule has 154 valence electrons. The van der Waals surface area contributed by atoms with Crippen LogP contribution in [0.15, 0.2) is 18.2 Å². The number of rotatable bonds is 5. The van der Waals surface area contributed by atoms with Crippen LogP contribution in [0.25, 0.3) is 0 Å². The van der Waals surface area contributed by atoms with Gasteiger partial charge in [0.15, 0.2) is 0 Å². The van der Waals surface area contributed by atoms with Crippen molar-refractivity contribution in [2.75, 3.05) is 40.0 Å². The first-order chi connectivity index (χ1) is 13.5. The number of carbonyl (C=O) groups excluding carboxylic acids is 2. The Bertz CT molecular complexity index is 692. The molecule has 3 rings (SSSR count). The van der Waals surface area contributed by atoms with Gasteiger partial charge in [-0.05, 0) is 51.2 Å². The Kier molecular flexibility index (Phi) is 7.08. The molecule has 0 spiro atoms. The Morgan fingerprint density at radius 1 is 1.11 bits per heavy atom. The van der Waals surface area contributed by atoms with Gasteiger partial charge in [-0.1, -0.05) is 17.7 Å². The van der Waals surface area contributed by atoms with E-state index in [0.29, 0.717) is 26.3 Å². The lowest BCUT2D eigenvalue weighted by Crippen LogP contribution is -2.54. The summed E-state index contributed by atoms with van der Waals surface area (Å²) in [7, 11) is 1.56. The number of methoxy groups -OCH3 is 1. The van der Waals surface area contributed by atoms with Crippen molar-refractivity contribution in [3.05, 3.63) is 34.9 Å². The van der Waals surface area contributed by atoms with Gasteiger partial charge in [-0.3, -0.25) is 9.59 Å². The van der Waals surface area contributed by atoms with E-state index < -0.39 is 0 Å². The highest BCUT2D eigenvalue weighted by atomic mass is 16.5. The highest BCUT2D eigenvalue weighted by Gasteiger charge is 2.35. The summed E-state index contributed by atoms with van der Waals surface area (Å²) in [5, 5.41) is 0. The van der Waals surface area contributed by atoms with E-state index in [-0.39, 0.29) is 30.5 Å². The first kappa shape index (κ1) is 20.8. The van der Waals surface area contributed by atoms with E-state index >= 15 is 0 Å². The SMILES string of the molecule is COCC(=O)N(C1CCOCC1)C1CCN(C(=O)c2cc(C)ccc2C)CC1. The van der Waals surface area contributed by atoms with Crippen LogP contribution in [0, 0.1) is 13.8 Å². The Balaban J connectivity index is 1.67. The van der Waals surface area contributed by atoms with Crippen molar-refractivity contribution in [2.24, 2.45) is 0 Å². The molecule has 2 aliphatic heterocycles. The maximum absolute atomic E-state index is 13.0. The predicted octanol–water partition coefficient (Wildman–Crippen LogP) is 2.56. The smallest absolute Gasteiger partial charge is 0.254 e. The minimum Gasteiger partial charge on any atom is -0.381 e. The number of nitrogens with zero attached hydrogens (tertiary/aromatic N) is 2. The highest BCUT2D eigenvalue weighted by Crippen LogP contribution is 2.25. The first-order valence-corrected chi connectivity index (χ1v) is 10.3. The van der Waals surface area contributed by atoms with Gasteiger partial charge in [-0.15, -0.1) is 0 Å². The quantitative estimate of drug-likeness (QED) is 0.778. The van der Waals surface area contributed by atoms with Crippen molar-refractivity contribution >= 4 is 11.8 Å². The molecule has 28 heavy (non-hydrogen) atoms. The molecule has 0 atom stereocenters. The summed E-state index contributed by atoms with van der Waals surface area (Å²) >= 11 is 0. The molecule has 0 N–H and O–H groups in total. The summed E-state index contributed by atoms with van der Waals surface area (Å²) in [4.78, 5) is 29.7. The zero-order valence-corrected chi connectivity index (χ0v) is 17.3. The molecule has 0 aromatic heterocycles. The van der Waals surface area contributed by atoms with Crippen LogP contribution in [-0.4, -0.2) is 73.7 Å². The number of likely N-dealkylation sites (tertiary alicyclic amines) is 1. The fourth-order valence-corrected chi connectivity index (χ4v) is 4.35. The van der Waals surface area contributed by atoms with Crippen molar-refractivity contribution in [3.8, 4) is 0 Å². The third-order valence-corrected chi connectivity index (χ3v) is 5.91. The lowest BCUT2D eigenvalue weighted by molar-refractivity contribution is -0.143.